The number of pyridine rings is 2. The number of carbonyl (C=O) groups is 3. The number of alkyl carbamates (subject to hydrolysis) is 1. The van der Waals surface area contributed by atoms with Crippen molar-refractivity contribution in [2.45, 2.75) is 104 Å². The van der Waals surface area contributed by atoms with Gasteiger partial charge in [-0.2, -0.15) is 0 Å². The third-order valence-electron chi connectivity index (χ3n) is 13.9. The highest BCUT2D eigenvalue weighted by atomic mass is 35.5. The summed E-state index contributed by atoms with van der Waals surface area (Å²) in [4.78, 5) is 78.3. The first-order valence-corrected chi connectivity index (χ1v) is 26.7. The Morgan fingerprint density at radius 3 is 1.61 bits per heavy atom. The number of fused-ring (bicyclic) bond motifs is 6. The average molecular weight is 1160 g/mol. The fourth-order valence-corrected chi connectivity index (χ4v) is 10.6. The lowest BCUT2D eigenvalue weighted by atomic mass is 10.1. The number of anilines is 2. The summed E-state index contributed by atoms with van der Waals surface area (Å²) in [6.45, 7) is 13.4. The number of halogens is 5. The molecule has 2 aliphatic rings. The first-order valence-electron chi connectivity index (χ1n) is 25.9. The topological polar surface area (TPSA) is 214 Å². The molecule has 18 nitrogen and oxygen atoms in total. The van der Waals surface area contributed by atoms with Crippen LogP contribution in [-0.4, -0.2) is 101 Å². The van der Waals surface area contributed by atoms with Crippen molar-refractivity contribution in [3.63, 3.8) is 0 Å². The number of piperidine rings is 2. The first-order chi connectivity index (χ1) is 37.3. The van der Waals surface area contributed by atoms with Crippen LogP contribution in [0.2, 0.25) is 10.0 Å². The summed E-state index contributed by atoms with van der Waals surface area (Å²) >= 11 is 13.0. The number of benzene rings is 4. The highest BCUT2D eigenvalue weighted by Gasteiger charge is 2.32. The Morgan fingerprint density at radius 2 is 1.15 bits per heavy atom. The molecule has 1 amide bonds. The number of rotatable bonds is 9. The largest absolute Gasteiger partial charge is 0.478 e. The number of aryl methyl sites for hydroxylation is 2. The van der Waals surface area contributed by atoms with E-state index in [2.05, 4.69) is 5.32 Å². The number of amides is 1. The molecule has 424 valence electrons. The van der Waals surface area contributed by atoms with Gasteiger partial charge in [0.2, 0.25) is 11.9 Å². The monoisotopic (exact) mass is 1160 g/mol. The van der Waals surface area contributed by atoms with Gasteiger partial charge in [0.15, 0.2) is 0 Å². The Morgan fingerprint density at radius 1 is 0.700 bits per heavy atom. The Bertz CT molecular complexity index is 3860. The molecular formula is C57H63Cl3F2N10O8. The number of aromatic nitrogens is 6. The molecule has 23 heteroatoms. The number of imidazole rings is 2. The van der Waals surface area contributed by atoms with E-state index in [9.17, 15) is 33.5 Å². The normalized spacial score (nSPS) is 15.9. The number of hydrogen-bond donors (Lipinski definition) is 3. The molecule has 0 spiro atoms. The van der Waals surface area contributed by atoms with E-state index in [1.54, 1.807) is 69.9 Å². The summed E-state index contributed by atoms with van der Waals surface area (Å²) in [5, 5.41) is 14.1. The molecule has 0 radical (unpaired) electrons. The molecular weight excluding hydrogens is 1100 g/mol. The lowest BCUT2D eigenvalue weighted by Gasteiger charge is -2.34. The van der Waals surface area contributed by atoms with E-state index in [1.165, 1.54) is 34.4 Å². The smallest absolute Gasteiger partial charge is 0.407 e. The van der Waals surface area contributed by atoms with Crippen LogP contribution < -0.4 is 32.0 Å². The van der Waals surface area contributed by atoms with E-state index in [1.807, 2.05) is 46.2 Å². The van der Waals surface area contributed by atoms with Gasteiger partial charge in [-0.05, 0) is 115 Å². The van der Waals surface area contributed by atoms with Crippen molar-refractivity contribution in [1.29, 1.82) is 0 Å². The minimum atomic E-state index is -1.40. The number of esters is 1. The van der Waals surface area contributed by atoms with Gasteiger partial charge in [0.05, 0.1) is 35.2 Å². The van der Waals surface area contributed by atoms with Crippen LogP contribution in [0.15, 0.2) is 82.4 Å². The van der Waals surface area contributed by atoms with Gasteiger partial charge < -0.3 is 53.7 Å². The van der Waals surface area contributed by atoms with Crippen LogP contribution >= 0.6 is 35.6 Å². The highest BCUT2D eigenvalue weighted by molar-refractivity contribution is 6.31. The first kappa shape index (κ1) is 58.9. The quantitative estimate of drug-likeness (QED) is 0.115. The maximum absolute atomic E-state index is 15.6. The van der Waals surface area contributed by atoms with Gasteiger partial charge in [-0.25, -0.2) is 33.1 Å². The number of nitrogens with two attached hydrogens (primary N) is 1. The van der Waals surface area contributed by atoms with Crippen LogP contribution in [0.5, 0.6) is 0 Å². The van der Waals surface area contributed by atoms with Crippen LogP contribution in [0.1, 0.15) is 99.1 Å². The molecule has 4 N–H and O–H groups in total. The maximum Gasteiger partial charge on any atom is 0.407 e. The van der Waals surface area contributed by atoms with Crippen LogP contribution in [0, 0.1) is 11.6 Å². The molecule has 10 rings (SSSR count). The fraction of sp³-hybridized carbons (Fsp3) is 0.386. The molecule has 4 aromatic carbocycles. The molecule has 8 aromatic rings. The van der Waals surface area contributed by atoms with Crippen molar-refractivity contribution >= 4 is 109 Å². The molecule has 2 fully saturated rings. The molecule has 0 saturated carbocycles. The second-order valence-corrected chi connectivity index (χ2v) is 22.9. The lowest BCUT2D eigenvalue weighted by Crippen LogP contribution is -2.49. The third-order valence-corrected chi connectivity index (χ3v) is 14.6. The van der Waals surface area contributed by atoms with Crippen molar-refractivity contribution in [3.8, 4) is 0 Å². The molecule has 2 saturated heterocycles. The molecule has 6 heterocycles. The predicted molar refractivity (Wildman–Crippen MR) is 309 cm³/mol. The van der Waals surface area contributed by atoms with E-state index in [0.717, 1.165) is 49.4 Å². The molecule has 80 heavy (non-hydrogen) atoms. The molecule has 0 unspecified atom stereocenters. The summed E-state index contributed by atoms with van der Waals surface area (Å²) in [6.07, 6.45) is 2.77. The summed E-state index contributed by atoms with van der Waals surface area (Å²) in [7, 11) is 3.12. The van der Waals surface area contributed by atoms with Gasteiger partial charge in [-0.15, -0.1) is 12.4 Å². The fourth-order valence-electron chi connectivity index (χ4n) is 10.3. The van der Waals surface area contributed by atoms with Crippen LogP contribution in [0.4, 0.5) is 25.5 Å². The second-order valence-electron chi connectivity index (χ2n) is 22.1. The summed E-state index contributed by atoms with van der Waals surface area (Å²) in [5.74, 6) is -2.85. The Balaban J connectivity index is 0.000000215. The van der Waals surface area contributed by atoms with Crippen molar-refractivity contribution in [2.24, 2.45) is 19.8 Å². The molecule has 0 aliphatic carbocycles. The van der Waals surface area contributed by atoms with E-state index in [4.69, 9.17) is 48.4 Å². The van der Waals surface area contributed by atoms with Gasteiger partial charge in [-0.3, -0.25) is 9.59 Å². The summed E-state index contributed by atoms with van der Waals surface area (Å²) in [5.41, 5.74) is 6.64. The average Bonchev–Trinajstić information content (AvgIpc) is 4.11. The van der Waals surface area contributed by atoms with Gasteiger partial charge in [0.25, 0.3) is 11.1 Å². The predicted octanol–water partition coefficient (Wildman–Crippen LogP) is 9.95. The lowest BCUT2D eigenvalue weighted by molar-refractivity contribution is 0.00642. The van der Waals surface area contributed by atoms with Crippen molar-refractivity contribution in [3.05, 3.63) is 137 Å². The second kappa shape index (κ2) is 23.1. The Kier molecular flexibility index (Phi) is 17.0. The van der Waals surface area contributed by atoms with Gasteiger partial charge in [0.1, 0.15) is 44.9 Å². The number of nitrogens with zero attached hydrogens (tertiary/aromatic N) is 8. The van der Waals surface area contributed by atoms with Gasteiger partial charge in [-0.1, -0.05) is 59.6 Å². The number of aromatic carboxylic acids is 1. The number of carboxylic acids is 1. The minimum absolute atomic E-state index is 0. The minimum Gasteiger partial charge on any atom is -0.478 e. The van der Waals surface area contributed by atoms with E-state index < -0.39 is 46.4 Å². The van der Waals surface area contributed by atoms with Crippen molar-refractivity contribution in [1.82, 2.24) is 33.6 Å². The summed E-state index contributed by atoms with van der Waals surface area (Å²) < 4.78 is 47.5. The molecule has 4 aromatic heterocycles. The molecule has 2 atom stereocenters. The maximum atomic E-state index is 15.6. The highest BCUT2D eigenvalue weighted by Crippen LogP contribution is 2.34. The van der Waals surface area contributed by atoms with Gasteiger partial charge >= 0.3 is 18.0 Å². The molecule has 0 bridgehead atoms. The number of nitrogens with one attached hydrogen (secondary N) is 1. The zero-order valence-corrected chi connectivity index (χ0v) is 47.9. The number of ether oxygens (including phenoxy) is 2. The van der Waals surface area contributed by atoms with E-state index >= 15 is 4.39 Å². The van der Waals surface area contributed by atoms with E-state index in [-0.39, 0.29) is 59.8 Å². The SMILES string of the molecule is Cl.Cn1c(=O)c2c(nc(N3CCC[C@@H](N)C3)n2Cc2ccccc2Cl)c2cc(F)c(C(=O)O)cc21.Cn1c(=O)c2c(nc(N3CCC[C@@H](NC(=O)OC(C)(C)C)C3)n2Cc2ccccc2Cl)c2cc(F)c(C(=O)OC(C)(C)C)cc21. The van der Waals surface area contributed by atoms with Crippen LogP contribution in [0.3, 0.4) is 0 Å². The zero-order valence-electron chi connectivity index (χ0n) is 45.5. The third kappa shape index (κ3) is 12.1. The Hall–Kier alpha value is -7.26. The zero-order chi connectivity index (χ0) is 57.0. The molecule has 2 aliphatic heterocycles. The van der Waals surface area contributed by atoms with Crippen molar-refractivity contribution < 1.29 is 37.7 Å². The number of carboxylic acid groups (broad SMARTS) is 1. The van der Waals surface area contributed by atoms with Crippen LogP contribution in [-0.2, 0) is 36.7 Å². The van der Waals surface area contributed by atoms with E-state index in [0.29, 0.717) is 79.9 Å². The summed E-state index contributed by atoms with van der Waals surface area (Å²) in [6, 6.07) is 19.3. The number of carbonyl (C=O) groups excluding carboxylic acids is 2. The van der Waals surface area contributed by atoms with Crippen LogP contribution in [0.25, 0.3) is 43.9 Å². The Labute approximate surface area is 475 Å². The number of hydrogen-bond acceptors (Lipinski definition) is 12. The standard InChI is InChI=1S/C33H39ClFN5O5.C24H23ClFN5O3.ClH/c1-32(2,3)44-29(42)21-16-25-22(15-24(21)35)26-27(28(41)38(25)7)40(17-19-11-8-9-13-23(19)34)30(37-26)39-14-10-12-20(18-39)36-31(43)45-33(4,5)6;1-29-19-10-15(23(33)34)18(26)9-16(19)20-21(22(29)32)31(11-13-5-2-3-7-17(13)25)24(28-20)30-8-4-6-14(27)12-30;/h8-9,11,13,15-16,20H,10,12,14,17-18H2,1-7H3,(H,36,43);2-3,5,7,9-10,14H,4,6,8,11-12,27H2,1H3,(H,33,34);1H/t20-;14-;/m11./s1. The van der Waals surface area contributed by atoms with Gasteiger partial charge in [0, 0.05) is 73.2 Å². The van der Waals surface area contributed by atoms with Crippen molar-refractivity contribution in [2.75, 3.05) is 36.0 Å².